The molecule has 2 N–H and O–H groups in total. The van der Waals surface area contributed by atoms with Gasteiger partial charge in [-0.2, -0.15) is 0 Å². The molecule has 0 spiro atoms. The van der Waals surface area contributed by atoms with Crippen molar-refractivity contribution in [3.05, 3.63) is 29.3 Å². The monoisotopic (exact) mass is 231 g/mol. The maximum Gasteiger partial charge on any atom is 0.0376 e. The number of nitrogens with zero attached hydrogens (tertiary/aromatic N) is 1. The van der Waals surface area contributed by atoms with Gasteiger partial charge in [-0.1, -0.05) is 19.1 Å². The standard InChI is InChI=1S/C14H21N3/c1-11-9-16-14-3-2-12(8-13(11)14)10-17-6-4-15-5-7-17/h2-3,8,11,15-16H,4-7,9-10H2,1H3. The van der Waals surface area contributed by atoms with Crippen LogP contribution in [0.15, 0.2) is 18.2 Å². The van der Waals surface area contributed by atoms with Crippen LogP contribution in [-0.4, -0.2) is 37.6 Å². The normalized spacial score (nSPS) is 24.4. The molecule has 1 atom stereocenters. The Morgan fingerprint density at radius 3 is 2.94 bits per heavy atom. The molecule has 2 heterocycles. The molecular weight excluding hydrogens is 210 g/mol. The Labute approximate surface area is 103 Å². The van der Waals surface area contributed by atoms with Crippen LogP contribution < -0.4 is 10.6 Å². The predicted octanol–water partition coefficient (Wildman–Crippen LogP) is 1.62. The summed E-state index contributed by atoms with van der Waals surface area (Å²) in [5.74, 6) is 0.660. The van der Waals surface area contributed by atoms with E-state index in [4.69, 9.17) is 0 Å². The minimum absolute atomic E-state index is 0.660. The summed E-state index contributed by atoms with van der Waals surface area (Å²) in [6, 6.07) is 6.91. The van der Waals surface area contributed by atoms with Gasteiger partial charge in [0.25, 0.3) is 0 Å². The number of anilines is 1. The molecule has 0 amide bonds. The summed E-state index contributed by atoms with van der Waals surface area (Å²) in [5.41, 5.74) is 4.29. The van der Waals surface area contributed by atoms with Crippen molar-refractivity contribution in [2.24, 2.45) is 0 Å². The Bertz CT molecular complexity index is 396. The summed E-state index contributed by atoms with van der Waals surface area (Å²) in [7, 11) is 0. The van der Waals surface area contributed by atoms with Crippen molar-refractivity contribution in [2.45, 2.75) is 19.4 Å². The van der Waals surface area contributed by atoms with Gasteiger partial charge in [0.1, 0.15) is 0 Å². The third kappa shape index (κ3) is 2.31. The van der Waals surface area contributed by atoms with Crippen LogP contribution in [0, 0.1) is 0 Å². The van der Waals surface area contributed by atoms with Gasteiger partial charge in [-0.25, -0.2) is 0 Å². The lowest BCUT2D eigenvalue weighted by atomic mass is 10.0. The number of rotatable bonds is 2. The molecule has 0 radical (unpaired) electrons. The zero-order chi connectivity index (χ0) is 11.7. The highest BCUT2D eigenvalue weighted by atomic mass is 15.2. The highest BCUT2D eigenvalue weighted by Crippen LogP contribution is 2.31. The highest BCUT2D eigenvalue weighted by molar-refractivity contribution is 5.58. The van der Waals surface area contributed by atoms with Crippen LogP contribution in [0.4, 0.5) is 5.69 Å². The minimum atomic E-state index is 0.660. The Hall–Kier alpha value is -1.06. The molecule has 3 rings (SSSR count). The first-order chi connectivity index (χ1) is 8.33. The van der Waals surface area contributed by atoms with Gasteiger partial charge in [-0.3, -0.25) is 4.90 Å². The van der Waals surface area contributed by atoms with Gasteiger partial charge < -0.3 is 10.6 Å². The van der Waals surface area contributed by atoms with Gasteiger partial charge in [-0.15, -0.1) is 0 Å². The topological polar surface area (TPSA) is 27.3 Å². The van der Waals surface area contributed by atoms with Crippen LogP contribution in [0.3, 0.4) is 0 Å². The Balaban J connectivity index is 1.73. The average molecular weight is 231 g/mol. The van der Waals surface area contributed by atoms with Crippen LogP contribution in [-0.2, 0) is 6.54 Å². The van der Waals surface area contributed by atoms with Crippen molar-refractivity contribution in [3.8, 4) is 0 Å². The summed E-state index contributed by atoms with van der Waals surface area (Å²) >= 11 is 0. The quantitative estimate of drug-likeness (QED) is 0.810. The second-order valence-electron chi connectivity index (χ2n) is 5.23. The van der Waals surface area contributed by atoms with Crippen molar-refractivity contribution < 1.29 is 0 Å². The van der Waals surface area contributed by atoms with E-state index in [-0.39, 0.29) is 0 Å². The molecular formula is C14H21N3. The molecule has 0 aliphatic carbocycles. The maximum absolute atomic E-state index is 3.46. The van der Waals surface area contributed by atoms with E-state index in [1.165, 1.54) is 29.9 Å². The second kappa shape index (κ2) is 4.67. The molecule has 1 unspecified atom stereocenters. The van der Waals surface area contributed by atoms with Gasteiger partial charge in [-0.05, 0) is 17.2 Å². The van der Waals surface area contributed by atoms with Gasteiger partial charge in [0, 0.05) is 50.9 Å². The summed E-state index contributed by atoms with van der Waals surface area (Å²) in [4.78, 5) is 2.53. The average Bonchev–Trinajstić information content (AvgIpc) is 2.73. The SMILES string of the molecule is CC1CNc2ccc(CN3CCNCC3)cc21. The molecule has 17 heavy (non-hydrogen) atoms. The molecule has 1 aromatic rings. The van der Waals surface area contributed by atoms with Crippen molar-refractivity contribution in [1.82, 2.24) is 10.2 Å². The second-order valence-corrected chi connectivity index (χ2v) is 5.23. The Kier molecular flexibility index (Phi) is 3.04. The van der Waals surface area contributed by atoms with E-state index in [0.29, 0.717) is 5.92 Å². The molecule has 1 saturated heterocycles. The van der Waals surface area contributed by atoms with E-state index in [1.807, 2.05) is 0 Å². The number of fused-ring (bicyclic) bond motifs is 1. The molecule has 0 bridgehead atoms. The van der Waals surface area contributed by atoms with Gasteiger partial charge in [0.15, 0.2) is 0 Å². The fraction of sp³-hybridized carbons (Fsp3) is 0.571. The summed E-state index contributed by atoms with van der Waals surface area (Å²) < 4.78 is 0. The number of benzene rings is 1. The summed E-state index contributed by atoms with van der Waals surface area (Å²) in [6.07, 6.45) is 0. The lowest BCUT2D eigenvalue weighted by molar-refractivity contribution is 0.233. The number of hydrogen-bond donors (Lipinski definition) is 2. The van der Waals surface area contributed by atoms with Crippen LogP contribution in [0.2, 0.25) is 0 Å². The van der Waals surface area contributed by atoms with Crippen LogP contribution in [0.5, 0.6) is 0 Å². The lowest BCUT2D eigenvalue weighted by Crippen LogP contribution is -2.42. The molecule has 1 aromatic carbocycles. The third-order valence-corrected chi connectivity index (χ3v) is 3.86. The molecule has 1 fully saturated rings. The molecule has 2 aliphatic rings. The fourth-order valence-corrected chi connectivity index (χ4v) is 2.78. The van der Waals surface area contributed by atoms with Crippen molar-refractivity contribution in [2.75, 3.05) is 38.0 Å². The maximum atomic E-state index is 3.46. The lowest BCUT2D eigenvalue weighted by Gasteiger charge is -2.27. The van der Waals surface area contributed by atoms with Gasteiger partial charge >= 0.3 is 0 Å². The van der Waals surface area contributed by atoms with E-state index in [9.17, 15) is 0 Å². The molecule has 0 aromatic heterocycles. The van der Waals surface area contributed by atoms with Gasteiger partial charge in [0.05, 0.1) is 0 Å². The van der Waals surface area contributed by atoms with E-state index < -0.39 is 0 Å². The Morgan fingerprint density at radius 2 is 2.12 bits per heavy atom. The first-order valence-corrected chi connectivity index (χ1v) is 6.63. The number of piperazine rings is 1. The molecule has 3 heteroatoms. The zero-order valence-corrected chi connectivity index (χ0v) is 10.5. The summed E-state index contributed by atoms with van der Waals surface area (Å²) in [6.45, 7) is 9.09. The molecule has 2 aliphatic heterocycles. The zero-order valence-electron chi connectivity index (χ0n) is 10.5. The number of nitrogens with one attached hydrogen (secondary N) is 2. The highest BCUT2D eigenvalue weighted by Gasteiger charge is 2.18. The predicted molar refractivity (Wildman–Crippen MR) is 71.5 cm³/mol. The van der Waals surface area contributed by atoms with Crippen molar-refractivity contribution >= 4 is 5.69 Å². The summed E-state index contributed by atoms with van der Waals surface area (Å²) in [5, 5.41) is 6.85. The first kappa shape index (κ1) is 11.1. The fourth-order valence-electron chi connectivity index (χ4n) is 2.78. The van der Waals surface area contributed by atoms with Crippen molar-refractivity contribution in [1.29, 1.82) is 0 Å². The third-order valence-electron chi connectivity index (χ3n) is 3.86. The first-order valence-electron chi connectivity index (χ1n) is 6.63. The van der Waals surface area contributed by atoms with Crippen LogP contribution in [0.25, 0.3) is 0 Å². The van der Waals surface area contributed by atoms with E-state index in [1.54, 1.807) is 0 Å². The van der Waals surface area contributed by atoms with E-state index in [2.05, 4.69) is 40.7 Å². The van der Waals surface area contributed by atoms with Crippen LogP contribution >= 0.6 is 0 Å². The number of hydrogen-bond acceptors (Lipinski definition) is 3. The largest absolute Gasteiger partial charge is 0.384 e. The Morgan fingerprint density at radius 1 is 1.29 bits per heavy atom. The van der Waals surface area contributed by atoms with Gasteiger partial charge in [0.2, 0.25) is 0 Å². The minimum Gasteiger partial charge on any atom is -0.384 e. The van der Waals surface area contributed by atoms with E-state index >= 15 is 0 Å². The molecule has 0 saturated carbocycles. The smallest absolute Gasteiger partial charge is 0.0376 e. The molecule has 3 nitrogen and oxygen atoms in total. The van der Waals surface area contributed by atoms with Crippen LogP contribution in [0.1, 0.15) is 24.0 Å². The van der Waals surface area contributed by atoms with Crippen molar-refractivity contribution in [3.63, 3.8) is 0 Å². The molecule has 92 valence electrons. The van der Waals surface area contributed by atoms with E-state index in [0.717, 1.165) is 26.2 Å².